The monoisotopic (exact) mass is 408 g/mol. The van der Waals surface area contributed by atoms with Gasteiger partial charge in [0.2, 0.25) is 0 Å². The molecule has 144 valence electrons. The van der Waals surface area contributed by atoms with Crippen LogP contribution in [0.1, 0.15) is 22.4 Å². The average Bonchev–Trinajstić information content (AvgIpc) is 3.46. The molecule has 8 heteroatoms. The summed E-state index contributed by atoms with van der Waals surface area (Å²) in [6, 6.07) is 8.58. The number of hydrogen-bond acceptors (Lipinski definition) is 3. The highest BCUT2D eigenvalue weighted by Gasteiger charge is 2.68. The van der Waals surface area contributed by atoms with E-state index >= 15 is 8.78 Å². The molecule has 0 radical (unpaired) electrons. The molecule has 3 heterocycles. The number of pyridine rings is 2. The van der Waals surface area contributed by atoms with E-state index in [1.54, 1.807) is 18.3 Å². The van der Waals surface area contributed by atoms with E-state index in [0.29, 0.717) is 23.2 Å². The normalized spacial score (nSPS) is 18.9. The molecule has 0 bridgehead atoms. The number of nitrogens with zero attached hydrogens (tertiary/aromatic N) is 2. The highest BCUT2D eigenvalue weighted by atomic mass is 35.5. The van der Waals surface area contributed by atoms with Gasteiger partial charge in [-0.1, -0.05) is 23.7 Å². The standard InChI is InChI=1S/C20H13ClF4N2O/c21-18-6-2-13(10-27-18)7-12-1-5-17(26-9-12)20(24,25)19(11-28-19)15-4-3-14(22)8-16(15)23/h1-6,8-10H,7,11H2. The lowest BCUT2D eigenvalue weighted by molar-refractivity contribution is -0.0901. The molecule has 4 rings (SSSR count). The Hall–Kier alpha value is -2.51. The number of aromatic nitrogens is 2. The number of alkyl halides is 2. The lowest BCUT2D eigenvalue weighted by atomic mass is 9.90. The molecule has 1 saturated heterocycles. The van der Waals surface area contributed by atoms with Crippen molar-refractivity contribution in [1.82, 2.24) is 9.97 Å². The molecule has 0 N–H and O–H groups in total. The number of epoxide rings is 1. The summed E-state index contributed by atoms with van der Waals surface area (Å²) in [6.45, 7) is -0.386. The predicted molar refractivity (Wildman–Crippen MR) is 94.2 cm³/mol. The van der Waals surface area contributed by atoms with E-state index < -0.39 is 34.4 Å². The second-order valence-electron chi connectivity index (χ2n) is 6.53. The second-order valence-corrected chi connectivity index (χ2v) is 6.92. The van der Waals surface area contributed by atoms with E-state index in [1.807, 2.05) is 0 Å². The zero-order chi connectivity index (χ0) is 19.9. The Morgan fingerprint density at radius 3 is 2.21 bits per heavy atom. The summed E-state index contributed by atoms with van der Waals surface area (Å²) in [5.41, 5.74) is -1.58. The minimum Gasteiger partial charge on any atom is -0.357 e. The van der Waals surface area contributed by atoms with Crippen molar-refractivity contribution in [3.63, 3.8) is 0 Å². The van der Waals surface area contributed by atoms with Crippen molar-refractivity contribution in [3.8, 4) is 0 Å². The quantitative estimate of drug-likeness (QED) is 0.338. The van der Waals surface area contributed by atoms with E-state index in [1.165, 1.54) is 18.3 Å². The van der Waals surface area contributed by atoms with Gasteiger partial charge in [-0.05, 0) is 35.4 Å². The molecule has 1 unspecified atom stereocenters. The maximum atomic E-state index is 15.1. The van der Waals surface area contributed by atoms with Crippen molar-refractivity contribution in [2.45, 2.75) is 17.9 Å². The molecule has 1 aromatic carbocycles. The van der Waals surface area contributed by atoms with Crippen molar-refractivity contribution in [3.05, 3.63) is 94.0 Å². The summed E-state index contributed by atoms with van der Waals surface area (Å²) in [6.07, 6.45) is 3.36. The fourth-order valence-corrected chi connectivity index (χ4v) is 3.18. The minimum atomic E-state index is -3.59. The summed E-state index contributed by atoms with van der Waals surface area (Å²) in [4.78, 5) is 7.84. The predicted octanol–water partition coefficient (Wildman–Crippen LogP) is 5.02. The van der Waals surface area contributed by atoms with Gasteiger partial charge in [0.15, 0.2) is 5.60 Å². The molecule has 3 nitrogen and oxygen atoms in total. The lowest BCUT2D eigenvalue weighted by Crippen LogP contribution is -2.34. The van der Waals surface area contributed by atoms with Crippen LogP contribution >= 0.6 is 11.6 Å². The van der Waals surface area contributed by atoms with Crippen LogP contribution in [0.4, 0.5) is 17.6 Å². The SMILES string of the molecule is Fc1ccc(C2(C(F)(F)c3ccc(Cc4ccc(Cl)nc4)cn3)CO2)c(F)c1. The van der Waals surface area contributed by atoms with Gasteiger partial charge in [0.05, 0.1) is 6.61 Å². The van der Waals surface area contributed by atoms with Crippen LogP contribution in [0.3, 0.4) is 0 Å². The molecular weight excluding hydrogens is 396 g/mol. The minimum absolute atomic E-state index is 0.361. The highest BCUT2D eigenvalue weighted by Crippen LogP contribution is 2.56. The molecule has 3 aromatic rings. The first-order chi connectivity index (χ1) is 13.3. The number of hydrogen-bond donors (Lipinski definition) is 0. The third-order valence-corrected chi connectivity index (χ3v) is 4.87. The smallest absolute Gasteiger partial charge is 0.324 e. The Labute approximate surface area is 163 Å². The van der Waals surface area contributed by atoms with E-state index in [9.17, 15) is 8.78 Å². The molecule has 28 heavy (non-hydrogen) atoms. The molecule has 0 aliphatic carbocycles. The van der Waals surface area contributed by atoms with Crippen LogP contribution in [-0.2, 0) is 22.7 Å². The van der Waals surface area contributed by atoms with Gasteiger partial charge in [-0.2, -0.15) is 8.78 Å². The van der Waals surface area contributed by atoms with Crippen molar-refractivity contribution < 1.29 is 22.3 Å². The van der Waals surface area contributed by atoms with Gasteiger partial charge in [-0.15, -0.1) is 0 Å². The summed E-state index contributed by atoms with van der Waals surface area (Å²) >= 11 is 5.74. The average molecular weight is 409 g/mol. The molecule has 1 atom stereocenters. The highest BCUT2D eigenvalue weighted by molar-refractivity contribution is 6.29. The fourth-order valence-electron chi connectivity index (χ4n) is 3.06. The van der Waals surface area contributed by atoms with Gasteiger partial charge in [-0.3, -0.25) is 4.98 Å². The van der Waals surface area contributed by atoms with Crippen LogP contribution in [0.5, 0.6) is 0 Å². The Kier molecular flexibility index (Phi) is 4.59. The Bertz CT molecular complexity index is 1010. The summed E-state index contributed by atoms with van der Waals surface area (Å²) < 4.78 is 62.4. The van der Waals surface area contributed by atoms with Crippen LogP contribution in [0.2, 0.25) is 5.15 Å². The molecule has 0 spiro atoms. The molecular formula is C20H13ClF4N2O. The van der Waals surface area contributed by atoms with Crippen LogP contribution in [0, 0.1) is 11.6 Å². The first kappa shape index (κ1) is 18.8. The number of ether oxygens (including phenoxy) is 1. The molecule has 2 aromatic heterocycles. The topological polar surface area (TPSA) is 38.3 Å². The van der Waals surface area contributed by atoms with Crippen molar-refractivity contribution >= 4 is 11.6 Å². The van der Waals surface area contributed by atoms with Crippen LogP contribution in [0.15, 0.2) is 54.9 Å². The summed E-state index contributed by atoms with van der Waals surface area (Å²) in [5, 5.41) is 0.361. The first-order valence-electron chi connectivity index (χ1n) is 8.35. The maximum absolute atomic E-state index is 15.1. The van der Waals surface area contributed by atoms with Crippen LogP contribution < -0.4 is 0 Å². The molecule has 1 fully saturated rings. The second kappa shape index (κ2) is 6.83. The van der Waals surface area contributed by atoms with Crippen LogP contribution in [0.25, 0.3) is 0 Å². The Morgan fingerprint density at radius 1 is 1.00 bits per heavy atom. The maximum Gasteiger partial charge on any atom is 0.324 e. The van der Waals surface area contributed by atoms with Gasteiger partial charge in [0, 0.05) is 30.4 Å². The fraction of sp³-hybridized carbons (Fsp3) is 0.200. The van der Waals surface area contributed by atoms with Crippen molar-refractivity contribution in [2.75, 3.05) is 6.61 Å². The van der Waals surface area contributed by atoms with Gasteiger partial charge in [0.25, 0.3) is 0 Å². The first-order valence-corrected chi connectivity index (χ1v) is 8.73. The van der Waals surface area contributed by atoms with Gasteiger partial charge >= 0.3 is 5.92 Å². The molecule has 1 aliphatic heterocycles. The van der Waals surface area contributed by atoms with E-state index in [-0.39, 0.29) is 6.61 Å². The zero-order valence-corrected chi connectivity index (χ0v) is 15.1. The molecule has 1 aliphatic rings. The Balaban J connectivity index is 1.60. The summed E-state index contributed by atoms with van der Waals surface area (Å²) in [7, 11) is 0. The Morgan fingerprint density at radius 2 is 1.68 bits per heavy atom. The molecule has 0 amide bonds. The van der Waals surface area contributed by atoms with E-state index in [2.05, 4.69) is 9.97 Å². The largest absolute Gasteiger partial charge is 0.357 e. The number of benzene rings is 1. The lowest BCUT2D eigenvalue weighted by Gasteiger charge is -2.24. The number of rotatable bonds is 5. The van der Waals surface area contributed by atoms with E-state index in [0.717, 1.165) is 17.7 Å². The van der Waals surface area contributed by atoms with Crippen LogP contribution in [-0.4, -0.2) is 16.6 Å². The zero-order valence-electron chi connectivity index (χ0n) is 14.3. The van der Waals surface area contributed by atoms with Gasteiger partial charge in [-0.25, -0.2) is 13.8 Å². The summed E-state index contributed by atoms with van der Waals surface area (Å²) in [5.74, 6) is -5.52. The number of halogens is 5. The van der Waals surface area contributed by atoms with Crippen molar-refractivity contribution in [1.29, 1.82) is 0 Å². The van der Waals surface area contributed by atoms with Crippen molar-refractivity contribution in [2.24, 2.45) is 0 Å². The van der Waals surface area contributed by atoms with Gasteiger partial charge < -0.3 is 4.74 Å². The third kappa shape index (κ3) is 3.25. The van der Waals surface area contributed by atoms with Gasteiger partial charge in [0.1, 0.15) is 22.5 Å². The molecule has 0 saturated carbocycles. The van der Waals surface area contributed by atoms with E-state index in [4.69, 9.17) is 16.3 Å². The third-order valence-electron chi connectivity index (χ3n) is 4.65.